The highest BCUT2D eigenvalue weighted by Gasteiger charge is 2.71. The second-order valence-electron chi connectivity index (χ2n) is 9.89. The number of ether oxygens (including phenoxy) is 2. The first-order valence-corrected chi connectivity index (χ1v) is 12.6. The van der Waals surface area contributed by atoms with E-state index in [-0.39, 0.29) is 36.9 Å². The predicted molar refractivity (Wildman–Crippen MR) is 132 cm³/mol. The quantitative estimate of drug-likeness (QED) is 0.599. The Morgan fingerprint density at radius 2 is 1.83 bits per heavy atom. The first-order chi connectivity index (χ1) is 17.3. The van der Waals surface area contributed by atoms with Crippen LogP contribution in [-0.4, -0.2) is 89.3 Å². The highest BCUT2D eigenvalue weighted by Crippen LogP contribution is 2.53. The van der Waals surface area contributed by atoms with E-state index in [9.17, 15) is 19.5 Å². The molecule has 5 rings (SSSR count). The second kappa shape index (κ2) is 9.37. The van der Waals surface area contributed by atoms with E-state index in [1.54, 1.807) is 9.80 Å². The summed E-state index contributed by atoms with van der Waals surface area (Å²) >= 11 is 0. The molecule has 0 saturated carbocycles. The van der Waals surface area contributed by atoms with Gasteiger partial charge in [-0.15, -0.1) is 0 Å². The highest BCUT2D eigenvalue weighted by atomic mass is 16.5. The van der Waals surface area contributed by atoms with Gasteiger partial charge in [0.1, 0.15) is 17.4 Å². The third kappa shape index (κ3) is 3.64. The van der Waals surface area contributed by atoms with Gasteiger partial charge in [0, 0.05) is 31.4 Å². The van der Waals surface area contributed by atoms with Gasteiger partial charge in [0.2, 0.25) is 17.7 Å². The van der Waals surface area contributed by atoms with Crippen molar-refractivity contribution < 1.29 is 29.0 Å². The smallest absolute Gasteiger partial charge is 0.249 e. The fourth-order valence-electron chi connectivity index (χ4n) is 6.09. The molecule has 9 nitrogen and oxygen atoms in total. The minimum atomic E-state index is -1.27. The van der Waals surface area contributed by atoms with Gasteiger partial charge in [-0.05, 0) is 45.0 Å². The van der Waals surface area contributed by atoms with Gasteiger partial charge in [-0.25, -0.2) is 0 Å². The van der Waals surface area contributed by atoms with Gasteiger partial charge in [0.25, 0.3) is 0 Å². The summed E-state index contributed by atoms with van der Waals surface area (Å²) in [6.07, 6.45) is 6.76. The van der Waals surface area contributed by atoms with Crippen molar-refractivity contribution in [3.05, 3.63) is 48.6 Å². The Bertz CT molecular complexity index is 1100. The number of rotatable bonds is 6. The molecule has 0 radical (unpaired) electrons. The topological polar surface area (TPSA) is 99.6 Å². The normalized spacial score (nSPS) is 31.5. The summed E-state index contributed by atoms with van der Waals surface area (Å²) in [5, 5.41) is 9.73. The molecule has 4 aliphatic rings. The molecule has 1 aromatic rings. The predicted octanol–water partition coefficient (Wildman–Crippen LogP) is 1.37. The van der Waals surface area contributed by atoms with Crippen molar-refractivity contribution in [2.75, 3.05) is 37.7 Å². The number of β-amino-alcohol motifs (C(OH)–C–C–N with tert-alkyl or cyclic N) is 1. The summed E-state index contributed by atoms with van der Waals surface area (Å²) in [6, 6.07) is 6.28. The maximum atomic E-state index is 14.0. The zero-order chi connectivity index (χ0) is 25.6. The summed E-state index contributed by atoms with van der Waals surface area (Å²) in [7, 11) is 0. The molecule has 2 saturated heterocycles. The first kappa shape index (κ1) is 24.5. The lowest BCUT2D eigenvalue weighted by atomic mass is 9.77. The van der Waals surface area contributed by atoms with Crippen molar-refractivity contribution in [2.24, 2.45) is 11.8 Å². The second-order valence-corrected chi connectivity index (χ2v) is 9.89. The number of amides is 3. The lowest BCUT2D eigenvalue weighted by molar-refractivity contribution is -0.148. The molecule has 0 bridgehead atoms. The van der Waals surface area contributed by atoms with Crippen molar-refractivity contribution >= 4 is 23.4 Å². The van der Waals surface area contributed by atoms with E-state index >= 15 is 0 Å². The Kier molecular flexibility index (Phi) is 6.38. The van der Waals surface area contributed by atoms with Crippen LogP contribution in [-0.2, 0) is 19.1 Å². The fourth-order valence-corrected chi connectivity index (χ4v) is 6.09. The minimum Gasteiger partial charge on any atom is -0.494 e. The van der Waals surface area contributed by atoms with Gasteiger partial charge in [-0.3, -0.25) is 14.4 Å². The van der Waals surface area contributed by atoms with E-state index in [0.717, 1.165) is 0 Å². The van der Waals surface area contributed by atoms with E-state index in [0.29, 0.717) is 31.1 Å². The number of aliphatic hydroxyl groups is 1. The number of hydrogen-bond acceptors (Lipinski definition) is 6. The Morgan fingerprint density at radius 3 is 2.50 bits per heavy atom. The molecule has 1 N–H and O–H groups in total. The van der Waals surface area contributed by atoms with Crippen molar-refractivity contribution in [1.29, 1.82) is 0 Å². The standard InChI is InChI=1S/C27H33N3O6/c1-4-35-19-10-8-18(9-11-19)29-13-5-7-20-21(24(29)32)22-25(33)30(15-16-31)23-26(34)28(17(2)3)14-6-12-27(22,23)36-20/h5-12,17,20-23,31H,4,13-16H2,1-3H3/t20-,21+,22-,23?,27-/m0/s1. The van der Waals surface area contributed by atoms with Crippen LogP contribution in [0.5, 0.6) is 5.75 Å². The van der Waals surface area contributed by atoms with Gasteiger partial charge < -0.3 is 29.3 Å². The molecule has 1 unspecified atom stereocenters. The third-order valence-electron chi connectivity index (χ3n) is 7.61. The number of hydrogen-bond donors (Lipinski definition) is 1. The number of carbonyl (C=O) groups is 3. The zero-order valence-electron chi connectivity index (χ0n) is 20.9. The van der Waals surface area contributed by atoms with Crippen LogP contribution in [0.25, 0.3) is 0 Å². The van der Waals surface area contributed by atoms with Crippen molar-refractivity contribution in [3.8, 4) is 5.75 Å². The number of likely N-dealkylation sites (tertiary alicyclic amines) is 1. The lowest BCUT2D eigenvalue weighted by Gasteiger charge is -2.36. The molecule has 0 aromatic heterocycles. The van der Waals surface area contributed by atoms with Gasteiger partial charge in [-0.1, -0.05) is 24.3 Å². The monoisotopic (exact) mass is 495 g/mol. The number of aliphatic hydroxyl groups excluding tert-OH is 1. The first-order valence-electron chi connectivity index (χ1n) is 12.6. The molecule has 3 amide bonds. The molecule has 9 heteroatoms. The summed E-state index contributed by atoms with van der Waals surface area (Å²) in [5.41, 5.74) is -0.577. The molecule has 4 aliphatic heterocycles. The average Bonchev–Trinajstić information content (AvgIpc) is 3.15. The van der Waals surface area contributed by atoms with Gasteiger partial charge in [0.15, 0.2) is 0 Å². The van der Waals surface area contributed by atoms with Gasteiger partial charge in [0.05, 0.1) is 31.2 Å². The molecule has 192 valence electrons. The minimum absolute atomic E-state index is 0.000642. The summed E-state index contributed by atoms with van der Waals surface area (Å²) in [6.45, 7) is 6.75. The molecular formula is C27H33N3O6. The van der Waals surface area contributed by atoms with E-state index in [1.807, 2.05) is 69.3 Å². The third-order valence-corrected chi connectivity index (χ3v) is 7.61. The Balaban J connectivity index is 1.55. The van der Waals surface area contributed by atoms with Crippen molar-refractivity contribution in [1.82, 2.24) is 9.80 Å². The van der Waals surface area contributed by atoms with Crippen LogP contribution in [0.15, 0.2) is 48.6 Å². The van der Waals surface area contributed by atoms with Gasteiger partial charge in [-0.2, -0.15) is 0 Å². The largest absolute Gasteiger partial charge is 0.494 e. The molecule has 2 fully saturated rings. The molecule has 5 atom stereocenters. The van der Waals surface area contributed by atoms with Crippen LogP contribution in [0.2, 0.25) is 0 Å². The highest BCUT2D eigenvalue weighted by molar-refractivity contribution is 6.03. The number of nitrogens with zero attached hydrogens (tertiary/aromatic N) is 3. The van der Waals surface area contributed by atoms with E-state index in [4.69, 9.17) is 9.47 Å². The Labute approximate surface area is 210 Å². The summed E-state index contributed by atoms with van der Waals surface area (Å²) in [5.74, 6) is -1.73. The maximum absolute atomic E-state index is 14.0. The Hall–Kier alpha value is -3.17. The van der Waals surface area contributed by atoms with E-state index in [1.165, 1.54) is 4.90 Å². The number of fused-ring (bicyclic) bond motifs is 2. The molecule has 36 heavy (non-hydrogen) atoms. The van der Waals surface area contributed by atoms with Crippen molar-refractivity contribution in [2.45, 2.75) is 44.6 Å². The van der Waals surface area contributed by atoms with Crippen LogP contribution in [0, 0.1) is 11.8 Å². The lowest BCUT2D eigenvalue weighted by Crippen LogP contribution is -2.56. The molecule has 4 heterocycles. The summed E-state index contributed by atoms with van der Waals surface area (Å²) in [4.78, 5) is 46.4. The van der Waals surface area contributed by atoms with Gasteiger partial charge >= 0.3 is 0 Å². The van der Waals surface area contributed by atoms with Crippen LogP contribution < -0.4 is 9.64 Å². The van der Waals surface area contributed by atoms with Crippen LogP contribution in [0.1, 0.15) is 20.8 Å². The molecule has 1 aromatic carbocycles. The SMILES string of the molecule is CCOc1ccc(N2CC=C[C@@H]3O[C@]45C=CCN(C(C)C)C(=O)C4N(CCO)C(=O)[C@@H]5[C@@H]3C2=O)cc1. The molecular weight excluding hydrogens is 462 g/mol. The zero-order valence-corrected chi connectivity index (χ0v) is 20.9. The number of anilines is 1. The van der Waals surface area contributed by atoms with Crippen molar-refractivity contribution in [3.63, 3.8) is 0 Å². The van der Waals surface area contributed by atoms with E-state index in [2.05, 4.69) is 0 Å². The van der Waals surface area contributed by atoms with E-state index < -0.39 is 29.6 Å². The van der Waals surface area contributed by atoms with Crippen LogP contribution in [0.4, 0.5) is 5.69 Å². The molecule has 0 aliphatic carbocycles. The van der Waals surface area contributed by atoms with Crippen LogP contribution in [0.3, 0.4) is 0 Å². The molecule has 1 spiro atoms. The number of benzene rings is 1. The van der Waals surface area contributed by atoms with Crippen LogP contribution >= 0.6 is 0 Å². The average molecular weight is 496 g/mol. The fraction of sp³-hybridized carbons (Fsp3) is 0.519. The summed E-state index contributed by atoms with van der Waals surface area (Å²) < 4.78 is 12.1. The maximum Gasteiger partial charge on any atom is 0.249 e. The Morgan fingerprint density at radius 1 is 1.08 bits per heavy atom. The number of carbonyl (C=O) groups excluding carboxylic acids is 3.